The third-order valence-corrected chi connectivity index (χ3v) is 4.64. The third-order valence-electron chi connectivity index (χ3n) is 4.39. The standard InChI is InChI=1S/C17H18ClN3O3/c18-13-3-1-12(2-4-13)17(5-7-24-8-6-17)11-21-15-10-19-14(9-20-15)16(22)23/h1-4,9-10H,5-8,11H2,(H,20,21)(H,22,23). The number of carboxylic acid groups (broad SMARTS) is 1. The zero-order valence-corrected chi connectivity index (χ0v) is 13.8. The molecule has 0 aliphatic carbocycles. The number of nitrogens with zero attached hydrogens (tertiary/aromatic N) is 2. The zero-order valence-electron chi connectivity index (χ0n) is 13.0. The molecular formula is C17H18ClN3O3. The van der Waals surface area contributed by atoms with Crippen molar-refractivity contribution in [2.24, 2.45) is 0 Å². The van der Waals surface area contributed by atoms with E-state index in [2.05, 4.69) is 27.4 Å². The van der Waals surface area contributed by atoms with Gasteiger partial charge in [0.15, 0.2) is 5.69 Å². The molecule has 0 atom stereocenters. The van der Waals surface area contributed by atoms with E-state index in [-0.39, 0.29) is 11.1 Å². The van der Waals surface area contributed by atoms with Gasteiger partial charge in [-0.25, -0.2) is 14.8 Å². The van der Waals surface area contributed by atoms with Crippen molar-refractivity contribution in [1.29, 1.82) is 0 Å². The Morgan fingerprint density at radius 1 is 1.21 bits per heavy atom. The maximum Gasteiger partial charge on any atom is 0.356 e. The number of anilines is 1. The maximum absolute atomic E-state index is 10.8. The molecule has 24 heavy (non-hydrogen) atoms. The minimum Gasteiger partial charge on any atom is -0.476 e. The lowest BCUT2D eigenvalue weighted by Crippen LogP contribution is -2.40. The van der Waals surface area contributed by atoms with Crippen molar-refractivity contribution in [3.8, 4) is 0 Å². The van der Waals surface area contributed by atoms with E-state index < -0.39 is 5.97 Å². The molecule has 3 rings (SSSR count). The zero-order chi connectivity index (χ0) is 17.0. The van der Waals surface area contributed by atoms with Crippen LogP contribution >= 0.6 is 11.6 Å². The van der Waals surface area contributed by atoms with Crippen LogP contribution in [-0.4, -0.2) is 40.8 Å². The van der Waals surface area contributed by atoms with Gasteiger partial charge >= 0.3 is 5.97 Å². The minimum absolute atomic E-state index is 0.0703. The SMILES string of the molecule is O=C(O)c1cnc(NCC2(c3ccc(Cl)cc3)CCOCC2)cn1. The van der Waals surface area contributed by atoms with Gasteiger partial charge in [0.25, 0.3) is 0 Å². The number of rotatable bonds is 5. The minimum atomic E-state index is -1.09. The molecule has 1 fully saturated rings. The van der Waals surface area contributed by atoms with Crippen molar-refractivity contribution in [3.63, 3.8) is 0 Å². The molecular weight excluding hydrogens is 330 g/mol. The van der Waals surface area contributed by atoms with E-state index >= 15 is 0 Å². The first-order valence-electron chi connectivity index (χ1n) is 7.72. The lowest BCUT2D eigenvalue weighted by molar-refractivity contribution is 0.0543. The van der Waals surface area contributed by atoms with Gasteiger partial charge in [0.1, 0.15) is 5.82 Å². The average molecular weight is 348 g/mol. The Bertz CT molecular complexity index is 698. The fourth-order valence-corrected chi connectivity index (χ4v) is 3.05. The molecule has 1 aromatic heterocycles. The van der Waals surface area contributed by atoms with Gasteiger partial charge in [0.05, 0.1) is 12.4 Å². The first-order chi connectivity index (χ1) is 11.6. The second kappa shape index (κ2) is 7.15. The van der Waals surface area contributed by atoms with E-state index in [1.165, 1.54) is 18.0 Å². The molecule has 2 heterocycles. The van der Waals surface area contributed by atoms with Crippen LogP contribution in [0.2, 0.25) is 5.02 Å². The highest BCUT2D eigenvalue weighted by atomic mass is 35.5. The highest BCUT2D eigenvalue weighted by Crippen LogP contribution is 2.35. The van der Waals surface area contributed by atoms with Crippen molar-refractivity contribution in [3.05, 3.63) is 52.9 Å². The third kappa shape index (κ3) is 3.66. The van der Waals surface area contributed by atoms with Crippen molar-refractivity contribution < 1.29 is 14.6 Å². The summed E-state index contributed by atoms with van der Waals surface area (Å²) in [4.78, 5) is 18.8. The van der Waals surface area contributed by atoms with E-state index in [4.69, 9.17) is 21.4 Å². The fraction of sp³-hybridized carbons (Fsp3) is 0.353. The molecule has 2 aromatic rings. The summed E-state index contributed by atoms with van der Waals surface area (Å²) in [5, 5.41) is 12.9. The number of aromatic nitrogens is 2. The number of halogens is 1. The maximum atomic E-state index is 10.8. The summed E-state index contributed by atoms with van der Waals surface area (Å²) in [6.45, 7) is 2.07. The predicted octanol–water partition coefficient (Wildman–Crippen LogP) is 2.99. The second-order valence-corrected chi connectivity index (χ2v) is 6.28. The van der Waals surface area contributed by atoms with Gasteiger partial charge in [-0.15, -0.1) is 0 Å². The van der Waals surface area contributed by atoms with E-state index in [1.807, 2.05) is 12.1 Å². The van der Waals surface area contributed by atoms with Gasteiger partial charge in [-0.05, 0) is 30.5 Å². The summed E-state index contributed by atoms with van der Waals surface area (Å²) in [6.07, 6.45) is 4.48. The number of ether oxygens (including phenoxy) is 1. The quantitative estimate of drug-likeness (QED) is 0.865. The summed E-state index contributed by atoms with van der Waals surface area (Å²) in [5.41, 5.74) is 1.06. The topological polar surface area (TPSA) is 84.3 Å². The first-order valence-corrected chi connectivity index (χ1v) is 8.10. The van der Waals surface area contributed by atoms with Gasteiger partial charge in [0.2, 0.25) is 0 Å². The normalized spacial score (nSPS) is 16.5. The van der Waals surface area contributed by atoms with Crippen LogP contribution in [0.15, 0.2) is 36.7 Å². The lowest BCUT2D eigenvalue weighted by atomic mass is 9.74. The molecule has 2 N–H and O–H groups in total. The number of hydrogen-bond donors (Lipinski definition) is 2. The van der Waals surface area contributed by atoms with Crippen LogP contribution in [0.1, 0.15) is 28.9 Å². The number of benzene rings is 1. The molecule has 0 radical (unpaired) electrons. The number of aromatic carboxylic acids is 1. The van der Waals surface area contributed by atoms with Crippen LogP contribution in [0.4, 0.5) is 5.82 Å². The van der Waals surface area contributed by atoms with Crippen molar-refractivity contribution >= 4 is 23.4 Å². The van der Waals surface area contributed by atoms with Gasteiger partial charge < -0.3 is 15.2 Å². The van der Waals surface area contributed by atoms with Gasteiger partial charge in [-0.2, -0.15) is 0 Å². The van der Waals surface area contributed by atoms with Crippen LogP contribution in [0.25, 0.3) is 0 Å². The highest BCUT2D eigenvalue weighted by Gasteiger charge is 2.34. The van der Waals surface area contributed by atoms with Crippen LogP contribution < -0.4 is 5.32 Å². The second-order valence-electron chi connectivity index (χ2n) is 5.85. The fourth-order valence-electron chi connectivity index (χ4n) is 2.92. The number of carbonyl (C=O) groups is 1. The van der Waals surface area contributed by atoms with Gasteiger partial charge in [-0.1, -0.05) is 23.7 Å². The Morgan fingerprint density at radius 3 is 2.50 bits per heavy atom. The molecule has 1 aliphatic rings. The van der Waals surface area contributed by atoms with E-state index in [0.717, 1.165) is 12.8 Å². The molecule has 0 unspecified atom stereocenters. The summed E-state index contributed by atoms with van der Waals surface area (Å²) < 4.78 is 5.52. The Balaban J connectivity index is 1.77. The van der Waals surface area contributed by atoms with Gasteiger partial charge in [0, 0.05) is 30.2 Å². The summed E-state index contributed by atoms with van der Waals surface area (Å²) in [6, 6.07) is 7.90. The Labute approximate surface area is 144 Å². The number of carboxylic acids is 1. The van der Waals surface area contributed by atoms with Crippen LogP contribution in [0.5, 0.6) is 0 Å². The summed E-state index contributed by atoms with van der Waals surface area (Å²) >= 11 is 6.00. The average Bonchev–Trinajstić information content (AvgIpc) is 2.62. The molecule has 0 bridgehead atoms. The molecule has 7 heteroatoms. The van der Waals surface area contributed by atoms with Crippen molar-refractivity contribution in [1.82, 2.24) is 9.97 Å². The lowest BCUT2D eigenvalue weighted by Gasteiger charge is -2.38. The highest BCUT2D eigenvalue weighted by molar-refractivity contribution is 6.30. The van der Waals surface area contributed by atoms with E-state index in [0.29, 0.717) is 30.6 Å². The number of hydrogen-bond acceptors (Lipinski definition) is 5. The molecule has 1 aliphatic heterocycles. The molecule has 0 amide bonds. The monoisotopic (exact) mass is 347 g/mol. The summed E-state index contributed by atoms with van der Waals surface area (Å²) in [5.74, 6) is -0.532. The Morgan fingerprint density at radius 2 is 1.92 bits per heavy atom. The van der Waals surface area contributed by atoms with Crippen LogP contribution in [0, 0.1) is 0 Å². The first kappa shape index (κ1) is 16.7. The largest absolute Gasteiger partial charge is 0.476 e. The van der Waals surface area contributed by atoms with Crippen molar-refractivity contribution in [2.75, 3.05) is 25.1 Å². The van der Waals surface area contributed by atoms with E-state index in [9.17, 15) is 4.79 Å². The predicted molar refractivity (Wildman–Crippen MR) is 90.7 cm³/mol. The Hall–Kier alpha value is -2.18. The summed E-state index contributed by atoms with van der Waals surface area (Å²) in [7, 11) is 0. The van der Waals surface area contributed by atoms with Crippen LogP contribution in [0.3, 0.4) is 0 Å². The van der Waals surface area contributed by atoms with Crippen LogP contribution in [-0.2, 0) is 10.2 Å². The number of nitrogens with one attached hydrogen (secondary N) is 1. The van der Waals surface area contributed by atoms with Crippen molar-refractivity contribution in [2.45, 2.75) is 18.3 Å². The van der Waals surface area contributed by atoms with Gasteiger partial charge in [-0.3, -0.25) is 0 Å². The molecule has 1 saturated heterocycles. The molecule has 6 nitrogen and oxygen atoms in total. The van der Waals surface area contributed by atoms with E-state index in [1.54, 1.807) is 0 Å². The molecule has 0 saturated carbocycles. The molecule has 0 spiro atoms. The molecule has 1 aromatic carbocycles. The smallest absolute Gasteiger partial charge is 0.356 e. The Kier molecular flexibility index (Phi) is 4.97. The molecule has 126 valence electrons.